The number of rotatable bonds is 5. The lowest BCUT2D eigenvalue weighted by molar-refractivity contribution is -0.119. The van der Waals surface area contributed by atoms with Gasteiger partial charge < -0.3 is 15.8 Å². The van der Waals surface area contributed by atoms with Crippen molar-refractivity contribution >= 4 is 28.9 Å². The molecule has 0 saturated carbocycles. The maximum atomic E-state index is 11.9. The van der Waals surface area contributed by atoms with Gasteiger partial charge in [0.1, 0.15) is 4.88 Å². The summed E-state index contributed by atoms with van der Waals surface area (Å²) < 4.78 is 4.68. The summed E-state index contributed by atoms with van der Waals surface area (Å²) in [5.41, 5.74) is 6.90. The van der Waals surface area contributed by atoms with Crippen LogP contribution in [0.3, 0.4) is 0 Å². The maximum absolute atomic E-state index is 11.9. The van der Waals surface area contributed by atoms with E-state index in [1.807, 2.05) is 19.2 Å². The van der Waals surface area contributed by atoms with Crippen LogP contribution in [-0.4, -0.2) is 25.5 Å². The van der Waals surface area contributed by atoms with Gasteiger partial charge in [-0.1, -0.05) is 6.92 Å². The number of nitrogens with one attached hydrogen (secondary N) is 1. The summed E-state index contributed by atoms with van der Waals surface area (Å²) in [4.78, 5) is 23.9. The van der Waals surface area contributed by atoms with Crippen LogP contribution in [0.1, 0.15) is 28.6 Å². The predicted molar refractivity (Wildman–Crippen MR) is 71.9 cm³/mol. The van der Waals surface area contributed by atoms with Crippen LogP contribution in [0.5, 0.6) is 0 Å². The lowest BCUT2D eigenvalue weighted by Gasteiger charge is -2.13. The largest absolute Gasteiger partial charge is 0.465 e. The molecule has 0 aromatic carbocycles. The molecule has 0 aliphatic rings. The minimum Gasteiger partial charge on any atom is -0.465 e. The van der Waals surface area contributed by atoms with E-state index in [2.05, 4.69) is 10.1 Å². The molecule has 0 fully saturated rings. The van der Waals surface area contributed by atoms with E-state index in [1.54, 1.807) is 0 Å². The van der Waals surface area contributed by atoms with Gasteiger partial charge in [0.05, 0.1) is 18.7 Å². The lowest BCUT2D eigenvalue weighted by Crippen LogP contribution is -2.29. The molecule has 100 valence electrons. The number of ether oxygens (including phenoxy) is 1. The fourth-order valence-electron chi connectivity index (χ4n) is 1.53. The first kappa shape index (κ1) is 14.7. The van der Waals surface area contributed by atoms with Crippen LogP contribution in [-0.2, 0) is 9.53 Å². The molecule has 1 atom stereocenters. The highest BCUT2D eigenvalue weighted by Gasteiger charge is 2.21. The highest BCUT2D eigenvalue weighted by molar-refractivity contribution is 7.12. The number of hydrogen-bond donors (Lipinski definition) is 2. The van der Waals surface area contributed by atoms with Gasteiger partial charge in [0.15, 0.2) is 0 Å². The Kier molecular flexibility index (Phi) is 5.30. The molecule has 1 unspecified atom stereocenters. The number of carbonyl (C=O) groups is 2. The van der Waals surface area contributed by atoms with E-state index in [1.165, 1.54) is 18.4 Å². The molecule has 0 aliphatic carbocycles. The molecule has 0 saturated heterocycles. The Morgan fingerprint density at radius 3 is 2.72 bits per heavy atom. The van der Waals surface area contributed by atoms with Gasteiger partial charge in [-0.15, -0.1) is 11.3 Å². The second-order valence-corrected chi connectivity index (χ2v) is 4.82. The number of esters is 1. The second kappa shape index (κ2) is 6.51. The van der Waals surface area contributed by atoms with Gasteiger partial charge in [0.2, 0.25) is 5.91 Å². The molecule has 0 bridgehead atoms. The van der Waals surface area contributed by atoms with Crippen molar-refractivity contribution in [3.8, 4) is 0 Å². The van der Waals surface area contributed by atoms with E-state index in [4.69, 9.17) is 5.73 Å². The summed E-state index contributed by atoms with van der Waals surface area (Å²) in [6.45, 7) is 4.03. The van der Waals surface area contributed by atoms with Crippen LogP contribution in [0.25, 0.3) is 0 Å². The van der Waals surface area contributed by atoms with Crippen LogP contribution < -0.4 is 11.1 Å². The molecule has 1 aromatic heterocycles. The Morgan fingerprint density at radius 1 is 1.56 bits per heavy atom. The molecule has 3 N–H and O–H groups in total. The third kappa shape index (κ3) is 3.08. The van der Waals surface area contributed by atoms with Crippen molar-refractivity contribution in [2.75, 3.05) is 19.0 Å². The summed E-state index contributed by atoms with van der Waals surface area (Å²) >= 11 is 1.26. The summed E-state index contributed by atoms with van der Waals surface area (Å²) in [6, 6.07) is 0. The van der Waals surface area contributed by atoms with E-state index >= 15 is 0 Å². The maximum Gasteiger partial charge on any atom is 0.350 e. The van der Waals surface area contributed by atoms with Crippen molar-refractivity contribution in [2.45, 2.75) is 20.3 Å². The first-order chi connectivity index (χ1) is 8.54. The number of anilines is 1. The smallest absolute Gasteiger partial charge is 0.350 e. The quantitative estimate of drug-likeness (QED) is 0.799. The zero-order chi connectivity index (χ0) is 13.7. The number of hydrogen-bond acceptors (Lipinski definition) is 5. The van der Waals surface area contributed by atoms with Gasteiger partial charge in [-0.3, -0.25) is 4.79 Å². The third-order valence-electron chi connectivity index (χ3n) is 2.74. The Hall–Kier alpha value is -1.40. The van der Waals surface area contributed by atoms with Gasteiger partial charge in [0.25, 0.3) is 0 Å². The van der Waals surface area contributed by atoms with Crippen LogP contribution >= 0.6 is 11.3 Å². The monoisotopic (exact) mass is 270 g/mol. The Balaban J connectivity index is 2.93. The van der Waals surface area contributed by atoms with E-state index in [0.717, 1.165) is 5.56 Å². The number of nitrogens with two attached hydrogens (primary N) is 1. The Labute approximate surface area is 110 Å². The first-order valence-corrected chi connectivity index (χ1v) is 6.60. The van der Waals surface area contributed by atoms with Crippen molar-refractivity contribution in [2.24, 2.45) is 11.7 Å². The van der Waals surface area contributed by atoms with Crippen molar-refractivity contribution in [3.63, 3.8) is 0 Å². The molecular formula is C12H18N2O3S. The molecule has 18 heavy (non-hydrogen) atoms. The lowest BCUT2D eigenvalue weighted by atomic mass is 10.1. The molecule has 6 heteroatoms. The van der Waals surface area contributed by atoms with Gasteiger partial charge in [-0.05, 0) is 24.3 Å². The van der Waals surface area contributed by atoms with E-state index in [9.17, 15) is 9.59 Å². The van der Waals surface area contributed by atoms with Crippen molar-refractivity contribution < 1.29 is 14.3 Å². The molecular weight excluding hydrogens is 252 g/mol. The summed E-state index contributed by atoms with van der Waals surface area (Å²) in [5, 5.41) is 4.58. The second-order valence-electron chi connectivity index (χ2n) is 3.94. The molecule has 5 nitrogen and oxygen atoms in total. The normalized spacial score (nSPS) is 12.0. The minimum absolute atomic E-state index is 0.161. The molecule has 1 rings (SSSR count). The van der Waals surface area contributed by atoms with Crippen LogP contribution in [0, 0.1) is 12.8 Å². The SMILES string of the molecule is CCC(CN)C(=O)Nc1c(C)csc1C(=O)OC. The number of amides is 1. The van der Waals surface area contributed by atoms with Gasteiger partial charge in [0, 0.05) is 6.54 Å². The standard InChI is InChI=1S/C12H18N2O3S/c1-4-8(5-13)11(15)14-9-7(2)6-18-10(9)12(16)17-3/h6,8H,4-5,13H2,1-3H3,(H,14,15). The van der Waals surface area contributed by atoms with Gasteiger partial charge in [-0.2, -0.15) is 0 Å². The highest BCUT2D eigenvalue weighted by atomic mass is 32.1. The third-order valence-corrected chi connectivity index (χ3v) is 3.82. The van der Waals surface area contributed by atoms with Crippen LogP contribution in [0.4, 0.5) is 5.69 Å². The van der Waals surface area contributed by atoms with Gasteiger partial charge >= 0.3 is 5.97 Å². The van der Waals surface area contributed by atoms with Crippen molar-refractivity contribution in [1.82, 2.24) is 0 Å². The average Bonchev–Trinajstić information content (AvgIpc) is 2.72. The fraction of sp³-hybridized carbons (Fsp3) is 0.500. The average molecular weight is 270 g/mol. The molecule has 0 spiro atoms. The van der Waals surface area contributed by atoms with Crippen molar-refractivity contribution in [3.05, 3.63) is 15.8 Å². The molecule has 1 aromatic rings. The summed E-state index contributed by atoms with van der Waals surface area (Å²) in [5.74, 6) is -0.842. The number of carbonyl (C=O) groups excluding carboxylic acids is 2. The van der Waals surface area contributed by atoms with Crippen LogP contribution in [0.15, 0.2) is 5.38 Å². The zero-order valence-corrected chi connectivity index (χ0v) is 11.6. The van der Waals surface area contributed by atoms with E-state index < -0.39 is 5.97 Å². The zero-order valence-electron chi connectivity index (χ0n) is 10.8. The first-order valence-electron chi connectivity index (χ1n) is 5.72. The summed E-state index contributed by atoms with van der Waals surface area (Å²) in [7, 11) is 1.32. The predicted octanol–water partition coefficient (Wildman–Crippen LogP) is 1.77. The number of methoxy groups -OCH3 is 1. The minimum atomic E-state index is -0.441. The Bertz CT molecular complexity index is 439. The topological polar surface area (TPSA) is 81.4 Å². The molecule has 1 amide bonds. The van der Waals surface area contributed by atoms with E-state index in [0.29, 0.717) is 23.5 Å². The number of thiophene rings is 1. The van der Waals surface area contributed by atoms with Gasteiger partial charge in [-0.25, -0.2) is 4.79 Å². The fourth-order valence-corrected chi connectivity index (χ4v) is 2.45. The molecule has 1 heterocycles. The molecule has 0 aliphatic heterocycles. The molecule has 0 radical (unpaired) electrons. The van der Waals surface area contributed by atoms with Crippen molar-refractivity contribution in [1.29, 1.82) is 0 Å². The number of aryl methyl sites for hydroxylation is 1. The van der Waals surface area contributed by atoms with Crippen LogP contribution in [0.2, 0.25) is 0 Å². The Morgan fingerprint density at radius 2 is 2.22 bits per heavy atom. The highest BCUT2D eigenvalue weighted by Crippen LogP contribution is 2.28. The van der Waals surface area contributed by atoms with E-state index in [-0.39, 0.29) is 11.8 Å². The summed E-state index contributed by atoms with van der Waals surface area (Å²) in [6.07, 6.45) is 0.666.